The Kier molecular flexibility index (Phi) is 2.90. The number of carbonyl (C=O) groups is 1. The van der Waals surface area contributed by atoms with Crippen LogP contribution in [0.2, 0.25) is 0 Å². The molecule has 0 unspecified atom stereocenters. The fraction of sp³-hybridized carbons (Fsp3) is 0.0769. The molecule has 8 heteroatoms. The van der Waals surface area contributed by atoms with E-state index in [2.05, 4.69) is 25.5 Å². The molecule has 1 amide bonds. The molecular weight excluding hydrogens is 274 g/mol. The van der Waals surface area contributed by atoms with Crippen LogP contribution in [0.3, 0.4) is 0 Å². The van der Waals surface area contributed by atoms with E-state index < -0.39 is 11.1 Å². The third-order valence-electron chi connectivity index (χ3n) is 2.93. The molecule has 3 rings (SSSR count). The van der Waals surface area contributed by atoms with Crippen molar-refractivity contribution in [1.29, 1.82) is 0 Å². The van der Waals surface area contributed by atoms with Gasteiger partial charge in [-0.3, -0.25) is 19.5 Å². The van der Waals surface area contributed by atoms with Crippen molar-refractivity contribution in [2.75, 3.05) is 5.32 Å². The summed E-state index contributed by atoms with van der Waals surface area (Å²) in [6.45, 7) is 1.82. The second kappa shape index (κ2) is 4.75. The largest absolute Gasteiger partial charge is 0.316 e. The summed E-state index contributed by atoms with van der Waals surface area (Å²) < 4.78 is 0. The molecule has 0 aliphatic heterocycles. The third kappa shape index (κ3) is 2.46. The Morgan fingerprint density at radius 3 is 2.48 bits per heavy atom. The number of benzene rings is 1. The molecule has 4 N–H and O–H groups in total. The van der Waals surface area contributed by atoms with Crippen LogP contribution in [0.1, 0.15) is 16.1 Å². The standard InChI is InChI=1S/C13H11N5O3/c1-6-4-10(18-17-6)16-11(19)7-2-3-8-9(5-7)15-13(21)12(20)14-8/h2-5H,1H3,(H,14,20)(H,15,21)(H2,16,17,18,19). The second-order valence-corrected chi connectivity index (χ2v) is 4.56. The van der Waals surface area contributed by atoms with E-state index in [0.717, 1.165) is 5.69 Å². The lowest BCUT2D eigenvalue weighted by molar-refractivity contribution is 0.102. The number of carbonyl (C=O) groups excluding carboxylic acids is 1. The molecule has 21 heavy (non-hydrogen) atoms. The number of aromatic amines is 3. The van der Waals surface area contributed by atoms with Crippen LogP contribution in [0.5, 0.6) is 0 Å². The molecule has 3 aromatic rings. The molecule has 106 valence electrons. The minimum absolute atomic E-state index is 0.339. The summed E-state index contributed by atoms with van der Waals surface area (Å²) in [5.41, 5.74) is 0.503. The summed E-state index contributed by atoms with van der Waals surface area (Å²) >= 11 is 0. The lowest BCUT2D eigenvalue weighted by Crippen LogP contribution is -2.29. The maximum absolute atomic E-state index is 12.1. The summed E-state index contributed by atoms with van der Waals surface area (Å²) in [6.07, 6.45) is 0. The monoisotopic (exact) mass is 285 g/mol. The van der Waals surface area contributed by atoms with Gasteiger partial charge in [0, 0.05) is 17.3 Å². The average molecular weight is 285 g/mol. The Labute approximate surface area is 117 Å². The number of aryl methyl sites for hydroxylation is 1. The Morgan fingerprint density at radius 1 is 1.10 bits per heavy atom. The molecule has 0 saturated carbocycles. The van der Waals surface area contributed by atoms with Gasteiger partial charge in [0.1, 0.15) is 0 Å². The van der Waals surface area contributed by atoms with Gasteiger partial charge >= 0.3 is 11.1 Å². The SMILES string of the molecule is Cc1cc(NC(=O)c2ccc3[nH]c(=O)c(=O)[nH]c3c2)n[nH]1. The van der Waals surface area contributed by atoms with Crippen molar-refractivity contribution >= 4 is 22.8 Å². The van der Waals surface area contributed by atoms with Crippen LogP contribution in [0, 0.1) is 6.92 Å². The maximum Gasteiger partial charge on any atom is 0.314 e. The fourth-order valence-electron chi connectivity index (χ4n) is 1.93. The highest BCUT2D eigenvalue weighted by molar-refractivity contribution is 6.05. The Balaban J connectivity index is 1.96. The van der Waals surface area contributed by atoms with Crippen LogP contribution in [-0.2, 0) is 0 Å². The van der Waals surface area contributed by atoms with Crippen molar-refractivity contribution in [2.45, 2.75) is 6.92 Å². The Bertz CT molecular complexity index is 950. The number of rotatable bonds is 2. The van der Waals surface area contributed by atoms with Gasteiger partial charge in [0.25, 0.3) is 5.91 Å². The summed E-state index contributed by atoms with van der Waals surface area (Å²) in [6, 6.07) is 6.28. The van der Waals surface area contributed by atoms with Crippen LogP contribution in [0.25, 0.3) is 11.0 Å². The quantitative estimate of drug-likeness (QED) is 0.512. The highest BCUT2D eigenvalue weighted by Crippen LogP contribution is 2.12. The van der Waals surface area contributed by atoms with Crippen molar-refractivity contribution in [3.63, 3.8) is 0 Å². The molecule has 0 spiro atoms. The zero-order chi connectivity index (χ0) is 15.0. The summed E-state index contributed by atoms with van der Waals surface area (Å²) in [4.78, 5) is 39.4. The van der Waals surface area contributed by atoms with Crippen LogP contribution < -0.4 is 16.4 Å². The molecular formula is C13H11N5O3. The van der Waals surface area contributed by atoms with E-state index in [9.17, 15) is 14.4 Å². The zero-order valence-corrected chi connectivity index (χ0v) is 11.0. The number of aromatic nitrogens is 4. The van der Waals surface area contributed by atoms with Gasteiger partial charge < -0.3 is 15.3 Å². The molecule has 0 fully saturated rings. The van der Waals surface area contributed by atoms with E-state index in [1.165, 1.54) is 6.07 Å². The summed E-state index contributed by atoms with van der Waals surface area (Å²) in [7, 11) is 0. The molecule has 0 aliphatic carbocycles. The van der Waals surface area contributed by atoms with E-state index in [4.69, 9.17) is 0 Å². The van der Waals surface area contributed by atoms with Crippen molar-refractivity contribution in [1.82, 2.24) is 20.2 Å². The lowest BCUT2D eigenvalue weighted by atomic mass is 10.2. The predicted molar refractivity (Wildman–Crippen MR) is 76.5 cm³/mol. The van der Waals surface area contributed by atoms with Crippen LogP contribution >= 0.6 is 0 Å². The smallest absolute Gasteiger partial charge is 0.314 e. The molecule has 0 aliphatic rings. The number of fused-ring (bicyclic) bond motifs is 1. The van der Waals surface area contributed by atoms with E-state index in [1.807, 2.05) is 6.92 Å². The highest BCUT2D eigenvalue weighted by Gasteiger charge is 2.09. The third-order valence-corrected chi connectivity index (χ3v) is 2.93. The van der Waals surface area contributed by atoms with Gasteiger partial charge in [0.05, 0.1) is 11.0 Å². The van der Waals surface area contributed by atoms with Crippen molar-refractivity contribution < 1.29 is 4.79 Å². The first-order chi connectivity index (χ1) is 10.0. The van der Waals surface area contributed by atoms with E-state index in [0.29, 0.717) is 22.4 Å². The fourth-order valence-corrected chi connectivity index (χ4v) is 1.93. The number of nitrogens with one attached hydrogen (secondary N) is 4. The minimum atomic E-state index is -0.761. The molecule has 1 aromatic carbocycles. The number of H-pyrrole nitrogens is 3. The van der Waals surface area contributed by atoms with Crippen LogP contribution in [0.4, 0.5) is 5.82 Å². The molecule has 8 nitrogen and oxygen atoms in total. The molecule has 0 atom stereocenters. The Morgan fingerprint density at radius 2 is 1.81 bits per heavy atom. The molecule has 0 saturated heterocycles. The van der Waals surface area contributed by atoms with Crippen LogP contribution in [-0.4, -0.2) is 26.1 Å². The zero-order valence-electron chi connectivity index (χ0n) is 11.0. The predicted octanol–water partition coefficient (Wildman–Crippen LogP) is 0.500. The molecule has 2 aromatic heterocycles. The first kappa shape index (κ1) is 12.9. The number of nitrogens with zero attached hydrogens (tertiary/aromatic N) is 1. The van der Waals surface area contributed by atoms with Crippen molar-refractivity contribution in [3.05, 3.63) is 56.2 Å². The maximum atomic E-state index is 12.1. The van der Waals surface area contributed by atoms with Crippen LogP contribution in [0.15, 0.2) is 33.9 Å². The molecule has 0 bridgehead atoms. The topological polar surface area (TPSA) is 124 Å². The van der Waals surface area contributed by atoms with Crippen molar-refractivity contribution in [3.8, 4) is 0 Å². The molecule has 0 radical (unpaired) electrons. The molecule has 2 heterocycles. The minimum Gasteiger partial charge on any atom is -0.316 e. The van der Waals surface area contributed by atoms with E-state index in [-0.39, 0.29) is 5.91 Å². The van der Waals surface area contributed by atoms with Crippen molar-refractivity contribution in [2.24, 2.45) is 0 Å². The first-order valence-electron chi connectivity index (χ1n) is 6.12. The van der Waals surface area contributed by atoms with Gasteiger partial charge in [-0.1, -0.05) is 0 Å². The number of hydrogen-bond donors (Lipinski definition) is 4. The first-order valence-corrected chi connectivity index (χ1v) is 6.12. The Hall–Kier alpha value is -3.16. The number of hydrogen-bond acceptors (Lipinski definition) is 4. The number of anilines is 1. The average Bonchev–Trinajstić information content (AvgIpc) is 2.85. The second-order valence-electron chi connectivity index (χ2n) is 4.56. The van der Waals surface area contributed by atoms with Gasteiger partial charge in [-0.05, 0) is 25.1 Å². The summed E-state index contributed by atoms with van der Waals surface area (Å²) in [5, 5.41) is 9.25. The van der Waals surface area contributed by atoms with Gasteiger partial charge in [0.2, 0.25) is 0 Å². The highest BCUT2D eigenvalue weighted by atomic mass is 16.2. The van der Waals surface area contributed by atoms with Gasteiger partial charge in [-0.2, -0.15) is 5.10 Å². The summed E-state index contributed by atoms with van der Waals surface area (Å²) in [5.74, 6) is 0.0445. The number of amides is 1. The van der Waals surface area contributed by atoms with Gasteiger partial charge in [-0.15, -0.1) is 0 Å². The van der Waals surface area contributed by atoms with E-state index in [1.54, 1.807) is 18.2 Å². The van der Waals surface area contributed by atoms with Gasteiger partial charge in [-0.25, -0.2) is 0 Å². The normalized spacial score (nSPS) is 10.7. The van der Waals surface area contributed by atoms with Gasteiger partial charge in [0.15, 0.2) is 5.82 Å². The van der Waals surface area contributed by atoms with E-state index >= 15 is 0 Å². The lowest BCUT2D eigenvalue weighted by Gasteiger charge is -2.03.